The first-order chi connectivity index (χ1) is 7.81. The summed E-state index contributed by atoms with van der Waals surface area (Å²) in [4.78, 5) is 23.0. The molecule has 0 N–H and O–H groups in total. The molecule has 0 bridgehead atoms. The van der Waals surface area contributed by atoms with Crippen LogP contribution in [0.5, 0.6) is 0 Å². The summed E-state index contributed by atoms with van der Waals surface area (Å²) in [5, 5.41) is 0. The monoisotopic (exact) mass is 219 g/mol. The number of aromatic nitrogens is 3. The molecule has 0 radical (unpaired) electrons. The zero-order valence-electron chi connectivity index (χ0n) is 8.58. The molecule has 6 nitrogen and oxygen atoms in total. The smallest absolute Gasteiger partial charge is 0.341 e. The molecule has 2 heterocycles. The summed E-state index contributed by atoms with van der Waals surface area (Å²) in [7, 11) is 0. The lowest BCUT2D eigenvalue weighted by Gasteiger charge is -2.00. The van der Waals surface area contributed by atoms with E-state index in [0.29, 0.717) is 23.8 Å². The van der Waals surface area contributed by atoms with Crippen LogP contribution >= 0.6 is 0 Å². The highest BCUT2D eigenvalue weighted by molar-refractivity contribution is 5.88. The number of hydrogen-bond donors (Lipinski definition) is 0. The van der Waals surface area contributed by atoms with Crippen molar-refractivity contribution in [2.45, 2.75) is 6.92 Å². The van der Waals surface area contributed by atoms with Gasteiger partial charge in [-0.2, -0.15) is 0 Å². The second-order valence-electron chi connectivity index (χ2n) is 2.88. The minimum Gasteiger partial charge on any atom is -0.462 e. The van der Waals surface area contributed by atoms with Gasteiger partial charge in [0.1, 0.15) is 0 Å². The lowest BCUT2D eigenvalue weighted by molar-refractivity contribution is 0.0525. The molecule has 0 amide bonds. The minimum atomic E-state index is -0.438. The first kappa shape index (κ1) is 10.3. The molecular weight excluding hydrogens is 210 g/mol. The van der Waals surface area contributed by atoms with Crippen molar-refractivity contribution in [3.8, 4) is 11.6 Å². The van der Waals surface area contributed by atoms with Crippen LogP contribution in [0.3, 0.4) is 0 Å². The molecule has 0 fully saturated rings. The third-order valence-electron chi connectivity index (χ3n) is 1.82. The van der Waals surface area contributed by atoms with Gasteiger partial charge in [-0.3, -0.25) is 0 Å². The number of ether oxygens (including phenoxy) is 1. The van der Waals surface area contributed by atoms with Gasteiger partial charge in [0.15, 0.2) is 18.0 Å². The zero-order chi connectivity index (χ0) is 11.4. The van der Waals surface area contributed by atoms with Crippen molar-refractivity contribution in [3.05, 3.63) is 30.5 Å². The fourth-order valence-corrected chi connectivity index (χ4v) is 1.10. The maximum atomic E-state index is 11.3. The molecule has 2 aromatic heterocycles. The average Bonchev–Trinajstić information content (AvgIpc) is 2.83. The van der Waals surface area contributed by atoms with E-state index in [0.717, 1.165) is 0 Å². The average molecular weight is 219 g/mol. The molecule has 2 aromatic rings. The highest BCUT2D eigenvalue weighted by Crippen LogP contribution is 2.12. The first-order valence-electron chi connectivity index (χ1n) is 4.69. The Morgan fingerprint density at radius 3 is 2.69 bits per heavy atom. The lowest BCUT2D eigenvalue weighted by Crippen LogP contribution is -2.05. The number of carbonyl (C=O) groups excluding carboxylic acids is 1. The predicted molar refractivity (Wildman–Crippen MR) is 53.5 cm³/mol. The lowest BCUT2D eigenvalue weighted by atomic mass is 10.3. The Balaban J connectivity index is 2.20. The summed E-state index contributed by atoms with van der Waals surface area (Å²) in [6.45, 7) is 2.06. The van der Waals surface area contributed by atoms with Gasteiger partial charge in [-0.1, -0.05) is 0 Å². The van der Waals surface area contributed by atoms with Crippen molar-refractivity contribution in [2.24, 2.45) is 0 Å². The molecule has 2 rings (SSSR count). The van der Waals surface area contributed by atoms with Crippen molar-refractivity contribution in [1.82, 2.24) is 15.0 Å². The molecule has 0 aliphatic carbocycles. The van der Waals surface area contributed by atoms with E-state index in [1.165, 1.54) is 25.0 Å². The molecule has 0 aliphatic rings. The molecule has 0 atom stereocenters. The van der Waals surface area contributed by atoms with Crippen LogP contribution < -0.4 is 0 Å². The predicted octanol–water partition coefficient (Wildman–Crippen LogP) is 1.31. The van der Waals surface area contributed by atoms with Gasteiger partial charge >= 0.3 is 5.97 Å². The SMILES string of the molecule is CCOC(=O)c1cnc(-c2cnco2)nc1. The molecule has 0 saturated heterocycles. The number of hydrogen-bond acceptors (Lipinski definition) is 6. The van der Waals surface area contributed by atoms with Crippen LogP contribution in [-0.2, 0) is 4.74 Å². The van der Waals surface area contributed by atoms with E-state index >= 15 is 0 Å². The first-order valence-corrected chi connectivity index (χ1v) is 4.69. The van der Waals surface area contributed by atoms with Crippen LogP contribution in [0.4, 0.5) is 0 Å². The van der Waals surface area contributed by atoms with Gasteiger partial charge in [-0.15, -0.1) is 0 Å². The van der Waals surface area contributed by atoms with Gasteiger partial charge in [0.25, 0.3) is 0 Å². The number of esters is 1. The molecule has 6 heteroatoms. The molecule has 82 valence electrons. The Hall–Kier alpha value is -2.24. The van der Waals surface area contributed by atoms with Crippen molar-refractivity contribution >= 4 is 5.97 Å². The second-order valence-corrected chi connectivity index (χ2v) is 2.88. The van der Waals surface area contributed by atoms with E-state index in [9.17, 15) is 4.79 Å². The van der Waals surface area contributed by atoms with E-state index in [1.807, 2.05) is 0 Å². The summed E-state index contributed by atoms with van der Waals surface area (Å²) in [6.07, 6.45) is 5.57. The van der Waals surface area contributed by atoms with Crippen molar-refractivity contribution in [2.75, 3.05) is 6.61 Å². The number of rotatable bonds is 3. The van der Waals surface area contributed by atoms with Crippen LogP contribution in [0.25, 0.3) is 11.6 Å². The normalized spacial score (nSPS) is 10.1. The highest BCUT2D eigenvalue weighted by Gasteiger charge is 2.09. The van der Waals surface area contributed by atoms with Gasteiger partial charge < -0.3 is 9.15 Å². The topological polar surface area (TPSA) is 78.1 Å². The molecule has 0 unspecified atom stereocenters. The Morgan fingerprint density at radius 2 is 2.12 bits per heavy atom. The Labute approximate surface area is 91.3 Å². The van der Waals surface area contributed by atoms with Crippen molar-refractivity contribution in [3.63, 3.8) is 0 Å². The third-order valence-corrected chi connectivity index (χ3v) is 1.82. The van der Waals surface area contributed by atoms with Crippen LogP contribution in [0.15, 0.2) is 29.4 Å². The van der Waals surface area contributed by atoms with Gasteiger partial charge in [0.2, 0.25) is 0 Å². The summed E-state index contributed by atoms with van der Waals surface area (Å²) >= 11 is 0. The van der Waals surface area contributed by atoms with Crippen LogP contribution in [0, 0.1) is 0 Å². The fraction of sp³-hybridized carbons (Fsp3) is 0.200. The number of oxazole rings is 1. The highest BCUT2D eigenvalue weighted by atomic mass is 16.5. The van der Waals surface area contributed by atoms with E-state index in [2.05, 4.69) is 15.0 Å². The van der Waals surface area contributed by atoms with E-state index in [4.69, 9.17) is 9.15 Å². The quantitative estimate of drug-likeness (QED) is 0.724. The second kappa shape index (κ2) is 4.52. The van der Waals surface area contributed by atoms with Gasteiger partial charge in [0, 0.05) is 12.4 Å². The molecular formula is C10H9N3O3. The van der Waals surface area contributed by atoms with Crippen molar-refractivity contribution < 1.29 is 13.9 Å². The maximum Gasteiger partial charge on any atom is 0.341 e. The van der Waals surface area contributed by atoms with Crippen LogP contribution in [0.2, 0.25) is 0 Å². The standard InChI is InChI=1S/C10H9N3O3/c1-2-15-10(14)7-3-12-9(13-4-7)8-5-11-6-16-8/h3-6H,2H2,1H3. The van der Waals surface area contributed by atoms with Crippen LogP contribution in [-0.4, -0.2) is 27.5 Å². The fourth-order valence-electron chi connectivity index (χ4n) is 1.10. The Bertz CT molecular complexity index is 465. The summed E-state index contributed by atoms with van der Waals surface area (Å²) in [6, 6.07) is 0. The number of carbonyl (C=O) groups is 1. The molecule has 0 saturated carbocycles. The largest absolute Gasteiger partial charge is 0.462 e. The molecule has 0 aliphatic heterocycles. The van der Waals surface area contributed by atoms with Gasteiger partial charge in [-0.05, 0) is 6.92 Å². The Morgan fingerprint density at radius 1 is 1.38 bits per heavy atom. The van der Waals surface area contributed by atoms with Crippen LogP contribution in [0.1, 0.15) is 17.3 Å². The summed E-state index contributed by atoms with van der Waals surface area (Å²) in [5.41, 5.74) is 0.310. The zero-order valence-corrected chi connectivity index (χ0v) is 8.58. The van der Waals surface area contributed by atoms with E-state index in [1.54, 1.807) is 6.92 Å². The molecule has 0 aromatic carbocycles. The molecule has 16 heavy (non-hydrogen) atoms. The minimum absolute atomic E-state index is 0.310. The van der Waals surface area contributed by atoms with Gasteiger partial charge in [-0.25, -0.2) is 19.7 Å². The Kier molecular flexibility index (Phi) is 2.90. The summed E-state index contributed by atoms with van der Waals surface area (Å²) < 4.78 is 9.82. The van der Waals surface area contributed by atoms with E-state index < -0.39 is 5.97 Å². The molecule has 0 spiro atoms. The maximum absolute atomic E-state index is 11.3. The summed E-state index contributed by atoms with van der Waals surface area (Å²) in [5.74, 6) is 0.396. The number of nitrogens with zero attached hydrogens (tertiary/aromatic N) is 3. The van der Waals surface area contributed by atoms with E-state index in [-0.39, 0.29) is 0 Å². The third kappa shape index (κ3) is 2.05. The van der Waals surface area contributed by atoms with Gasteiger partial charge in [0.05, 0.1) is 18.4 Å². The van der Waals surface area contributed by atoms with Crippen molar-refractivity contribution in [1.29, 1.82) is 0 Å².